The second kappa shape index (κ2) is 10.5. The summed E-state index contributed by atoms with van der Waals surface area (Å²) in [6, 6.07) is 11.0. The number of hydrogen-bond acceptors (Lipinski definition) is 8. The lowest BCUT2D eigenvalue weighted by Gasteiger charge is -2.28. The molecule has 0 bridgehead atoms. The zero-order chi connectivity index (χ0) is 29.0. The highest BCUT2D eigenvalue weighted by Gasteiger charge is 2.43. The van der Waals surface area contributed by atoms with Crippen molar-refractivity contribution in [2.75, 3.05) is 12.3 Å². The molecule has 4 aromatic rings. The summed E-state index contributed by atoms with van der Waals surface area (Å²) in [5, 5.41) is 1.03. The van der Waals surface area contributed by atoms with E-state index in [0.29, 0.717) is 6.61 Å². The smallest absolute Gasteiger partial charge is 0.172 e. The number of thiophene rings is 1. The Hall–Kier alpha value is -2.31. The van der Waals surface area contributed by atoms with Crippen LogP contribution in [0.4, 0.5) is 10.2 Å². The maximum Gasteiger partial charge on any atom is 0.172 e. The Morgan fingerprint density at radius 2 is 1.95 bits per heavy atom. The van der Waals surface area contributed by atoms with Gasteiger partial charge in [-0.05, 0) is 70.7 Å². The van der Waals surface area contributed by atoms with Crippen LogP contribution in [0.5, 0.6) is 0 Å². The second-order valence-electron chi connectivity index (χ2n) is 11.5. The molecular weight excluding hydrogens is 571 g/mol. The van der Waals surface area contributed by atoms with Crippen LogP contribution < -0.4 is 10.5 Å². The maximum atomic E-state index is 15.4. The lowest BCUT2D eigenvalue weighted by Crippen LogP contribution is -2.41. The molecule has 1 aromatic carbocycles. The van der Waals surface area contributed by atoms with Gasteiger partial charge in [-0.15, -0.1) is 16.1 Å². The fourth-order valence-corrected chi connectivity index (χ4v) is 7.06. The number of halogens is 2. The number of nitrogen functional groups attached to an aromatic ring is 1. The number of ether oxygens (including phenoxy) is 2. The molecule has 5 rings (SSSR count). The van der Waals surface area contributed by atoms with E-state index in [1.165, 1.54) is 17.5 Å². The zero-order valence-corrected chi connectivity index (χ0v) is 25.6. The summed E-state index contributed by atoms with van der Waals surface area (Å²) in [6.07, 6.45) is 3.08. The number of rotatable bonds is 6. The number of nitrogens with one attached hydrogen (secondary N) is 1. The Morgan fingerprint density at radius 1 is 1.20 bits per heavy atom. The van der Waals surface area contributed by atoms with Gasteiger partial charge in [0, 0.05) is 44.5 Å². The summed E-state index contributed by atoms with van der Waals surface area (Å²) < 4.78 is 44.2. The summed E-state index contributed by atoms with van der Waals surface area (Å²) in [6.45, 7) is 11.8. The largest absolute Gasteiger partial charge is 0.598 e. The molecule has 11 heteroatoms. The number of pyridine rings is 2. The molecule has 2 unspecified atom stereocenters. The van der Waals surface area contributed by atoms with Gasteiger partial charge in [0.2, 0.25) is 0 Å². The molecule has 1 saturated heterocycles. The molecule has 40 heavy (non-hydrogen) atoms. The molecule has 1 fully saturated rings. The number of nitrogens with zero attached hydrogens (tertiary/aromatic N) is 2. The van der Waals surface area contributed by atoms with Crippen LogP contribution in [0.2, 0.25) is 5.02 Å². The topological polar surface area (TPSA) is 105 Å². The highest BCUT2D eigenvalue weighted by Crippen LogP contribution is 2.43. The average molecular weight is 603 g/mol. The molecule has 0 spiro atoms. The minimum absolute atomic E-state index is 0.0945. The molecule has 0 amide bonds. The number of nitrogens with two attached hydrogens (primary N) is 1. The van der Waals surface area contributed by atoms with Crippen LogP contribution in [0, 0.1) is 5.82 Å². The minimum Gasteiger partial charge on any atom is -0.598 e. The van der Waals surface area contributed by atoms with Crippen LogP contribution in [-0.4, -0.2) is 31.7 Å². The first-order valence-electron chi connectivity index (χ1n) is 12.8. The molecule has 0 saturated carbocycles. The van der Waals surface area contributed by atoms with Gasteiger partial charge >= 0.3 is 0 Å². The Labute approximate surface area is 245 Å². The fraction of sp³-hybridized carbons (Fsp3) is 0.379. The van der Waals surface area contributed by atoms with Crippen molar-refractivity contribution in [3.8, 4) is 11.3 Å². The van der Waals surface area contributed by atoms with E-state index in [0.717, 1.165) is 31.8 Å². The van der Waals surface area contributed by atoms with Crippen molar-refractivity contribution in [3.05, 3.63) is 75.6 Å². The zero-order valence-electron chi connectivity index (χ0n) is 23.2. The molecule has 3 atom stereocenters. The first-order chi connectivity index (χ1) is 18.7. The van der Waals surface area contributed by atoms with Crippen molar-refractivity contribution in [1.82, 2.24) is 14.7 Å². The third-order valence-electron chi connectivity index (χ3n) is 6.77. The van der Waals surface area contributed by atoms with Gasteiger partial charge in [0.15, 0.2) is 17.4 Å². The third-order valence-corrected chi connectivity index (χ3v) is 9.88. The molecule has 1 aliphatic heterocycles. The first-order valence-corrected chi connectivity index (χ1v) is 15.1. The van der Waals surface area contributed by atoms with Crippen molar-refractivity contribution in [1.29, 1.82) is 0 Å². The number of hydrogen-bond donors (Lipinski definition) is 2. The third kappa shape index (κ3) is 5.59. The monoisotopic (exact) mass is 602 g/mol. The number of aromatic nitrogens is 2. The van der Waals surface area contributed by atoms with Crippen molar-refractivity contribution in [3.63, 3.8) is 0 Å². The fourth-order valence-electron chi connectivity index (χ4n) is 4.69. The molecule has 3 aromatic heterocycles. The highest BCUT2D eigenvalue weighted by molar-refractivity contribution is 7.90. The van der Waals surface area contributed by atoms with E-state index in [1.54, 1.807) is 6.20 Å². The van der Waals surface area contributed by atoms with Crippen LogP contribution in [-0.2, 0) is 26.4 Å². The Balaban J connectivity index is 1.62. The van der Waals surface area contributed by atoms with E-state index in [-0.39, 0.29) is 16.4 Å². The van der Waals surface area contributed by atoms with Gasteiger partial charge in [-0.2, -0.15) is 0 Å². The molecule has 0 radical (unpaired) electrons. The lowest BCUT2D eigenvalue weighted by molar-refractivity contribution is -0.159. The molecule has 3 N–H and O–H groups in total. The maximum absolute atomic E-state index is 15.4. The summed E-state index contributed by atoms with van der Waals surface area (Å²) in [5.41, 5.74) is 7.95. The van der Waals surface area contributed by atoms with Crippen LogP contribution in [0.3, 0.4) is 0 Å². The van der Waals surface area contributed by atoms with Crippen molar-refractivity contribution in [2.24, 2.45) is 0 Å². The van der Waals surface area contributed by atoms with Gasteiger partial charge in [-0.1, -0.05) is 29.8 Å². The van der Waals surface area contributed by atoms with Crippen molar-refractivity contribution < 1.29 is 18.4 Å². The molecule has 7 nitrogen and oxygen atoms in total. The quantitative estimate of drug-likeness (QED) is 0.232. The Kier molecular flexibility index (Phi) is 7.67. The van der Waals surface area contributed by atoms with Gasteiger partial charge in [0.05, 0.1) is 17.3 Å². The number of benzene rings is 1. The lowest BCUT2D eigenvalue weighted by atomic mass is 9.96. The summed E-state index contributed by atoms with van der Waals surface area (Å²) >= 11 is 6.37. The van der Waals surface area contributed by atoms with E-state index < -0.39 is 39.4 Å². The molecule has 4 heterocycles. The number of fused-ring (bicyclic) bond motifs is 1. The van der Waals surface area contributed by atoms with Crippen LogP contribution >= 0.6 is 22.9 Å². The number of anilines is 1. The van der Waals surface area contributed by atoms with Gasteiger partial charge in [-0.3, -0.25) is 4.98 Å². The standard InChI is InChI=1S/C29H32ClFN4O3S2/c1-27(2,3)40(36)35-24(22-19(30)14-34-26(32)23(22)31)21-12-16-8-7-9-18(25(16)39-21)20-13-17(10-11-33-20)29(6)15-37-28(4,5)38-29/h7-14,24,35H,15H2,1-6H3,(H2,32,34)/t24?,29-,40?/m0/s1. The summed E-state index contributed by atoms with van der Waals surface area (Å²) in [7, 11) is 0. The van der Waals surface area contributed by atoms with E-state index in [9.17, 15) is 4.55 Å². The average Bonchev–Trinajstić information content (AvgIpc) is 3.45. The molecule has 0 aliphatic carbocycles. The second-order valence-corrected chi connectivity index (χ2v) is 15.0. The first kappa shape index (κ1) is 29.2. The Bertz CT molecular complexity index is 1570. The normalized spacial score (nSPS) is 20.6. The Morgan fingerprint density at radius 3 is 2.62 bits per heavy atom. The van der Waals surface area contributed by atoms with Crippen LogP contribution in [0.1, 0.15) is 63.6 Å². The molecule has 1 aliphatic rings. The van der Waals surface area contributed by atoms with Gasteiger partial charge in [0.1, 0.15) is 16.4 Å². The SMILES string of the molecule is CC1(C)OC[C@@](C)(c2ccnc(-c3cccc4cc(C(N[S+]([O-])C(C)(C)C)c5c(Cl)cnc(N)c5F)sc34)c2)O1. The summed E-state index contributed by atoms with van der Waals surface area (Å²) in [4.78, 5) is 9.24. The van der Waals surface area contributed by atoms with Gasteiger partial charge in [0.25, 0.3) is 0 Å². The van der Waals surface area contributed by atoms with E-state index in [4.69, 9.17) is 26.8 Å². The molecule has 212 valence electrons. The summed E-state index contributed by atoms with van der Waals surface area (Å²) in [5.74, 6) is -1.69. The van der Waals surface area contributed by atoms with E-state index >= 15 is 4.39 Å². The van der Waals surface area contributed by atoms with E-state index in [1.807, 2.05) is 77.9 Å². The van der Waals surface area contributed by atoms with Crippen LogP contribution in [0.15, 0.2) is 48.8 Å². The van der Waals surface area contributed by atoms with E-state index in [2.05, 4.69) is 14.7 Å². The predicted molar refractivity (Wildman–Crippen MR) is 160 cm³/mol. The van der Waals surface area contributed by atoms with Crippen molar-refractivity contribution >= 4 is 50.2 Å². The van der Waals surface area contributed by atoms with Crippen LogP contribution in [0.25, 0.3) is 21.3 Å². The molecular formula is C29H32ClFN4O3S2. The highest BCUT2D eigenvalue weighted by atomic mass is 35.5. The van der Waals surface area contributed by atoms with Crippen molar-refractivity contribution in [2.45, 2.75) is 63.7 Å². The minimum atomic E-state index is -1.54. The predicted octanol–water partition coefficient (Wildman–Crippen LogP) is 6.87. The van der Waals surface area contributed by atoms with Gasteiger partial charge in [-0.25, -0.2) is 9.37 Å². The van der Waals surface area contributed by atoms with Gasteiger partial charge < -0.3 is 19.8 Å².